The van der Waals surface area contributed by atoms with Gasteiger partial charge in [0.05, 0.1) is 13.2 Å². The summed E-state index contributed by atoms with van der Waals surface area (Å²) in [4.78, 5) is 8.10. The second-order valence-corrected chi connectivity index (χ2v) is 8.95. The minimum Gasteiger partial charge on any atom is -0.360 e. The molecule has 1 aromatic carbocycles. The highest BCUT2D eigenvalue weighted by atomic mass is 31.2. The molecule has 142 valence electrons. The third-order valence-corrected chi connectivity index (χ3v) is 7.37. The molecule has 0 saturated carbocycles. The lowest BCUT2D eigenvalue weighted by Gasteiger charge is -2.43. The van der Waals surface area contributed by atoms with Gasteiger partial charge in [0.15, 0.2) is 5.84 Å². The minimum atomic E-state index is -3.28. The molecule has 6 nitrogen and oxygen atoms in total. The summed E-state index contributed by atoms with van der Waals surface area (Å²) >= 11 is 0. The molecule has 1 saturated heterocycles. The molecule has 2 atom stereocenters. The first kappa shape index (κ1) is 18.0. The average Bonchev–Trinajstić information content (AvgIpc) is 3.11. The van der Waals surface area contributed by atoms with E-state index in [0.29, 0.717) is 19.0 Å². The Morgan fingerprint density at radius 1 is 1.38 bits per heavy atom. The van der Waals surface area contributed by atoms with Crippen molar-refractivity contribution in [1.29, 1.82) is 0 Å². The van der Waals surface area contributed by atoms with Crippen molar-refractivity contribution in [2.75, 3.05) is 25.9 Å². The lowest BCUT2D eigenvalue weighted by atomic mass is 9.86. The molecule has 1 aromatic rings. The third kappa shape index (κ3) is 2.68. The summed E-state index contributed by atoms with van der Waals surface area (Å²) in [5.41, 5.74) is 1.22. The van der Waals surface area contributed by atoms with E-state index >= 15 is 0 Å². The van der Waals surface area contributed by atoms with E-state index in [1.165, 1.54) is 6.07 Å². The van der Waals surface area contributed by atoms with Crippen LogP contribution in [-0.2, 0) is 30.6 Å². The van der Waals surface area contributed by atoms with Crippen molar-refractivity contribution in [3.8, 4) is 0 Å². The van der Waals surface area contributed by atoms with Crippen molar-refractivity contribution in [2.24, 2.45) is 11.1 Å². The monoisotopic (exact) mass is 382 g/mol. The Morgan fingerprint density at radius 3 is 2.88 bits per heavy atom. The Hall–Kier alpha value is -1.43. The van der Waals surface area contributed by atoms with Gasteiger partial charge in [-0.1, -0.05) is 5.16 Å². The van der Waals surface area contributed by atoms with Crippen LogP contribution in [0.15, 0.2) is 23.4 Å². The number of nitrogens with zero attached hydrogens (tertiary/aromatic N) is 2. The second kappa shape index (κ2) is 6.63. The summed E-state index contributed by atoms with van der Waals surface area (Å²) in [5.74, 6) is 0.562. The highest BCUT2D eigenvalue weighted by molar-refractivity contribution is 7.54. The van der Waals surface area contributed by atoms with Gasteiger partial charge < -0.3 is 18.8 Å². The van der Waals surface area contributed by atoms with Gasteiger partial charge in [-0.25, -0.2) is 4.39 Å². The SMILES string of the molecule is CCOP(=O)(CC1=NO[C@@]23c4ccc(F)cc4C[C@@H]2CCCN13)OCC. The van der Waals surface area contributed by atoms with Crippen LogP contribution >= 0.6 is 7.60 Å². The van der Waals surface area contributed by atoms with Crippen molar-refractivity contribution in [1.82, 2.24) is 4.90 Å². The van der Waals surface area contributed by atoms with Crippen molar-refractivity contribution in [3.63, 3.8) is 0 Å². The predicted molar refractivity (Wildman–Crippen MR) is 95.5 cm³/mol. The van der Waals surface area contributed by atoms with E-state index in [2.05, 4.69) is 10.1 Å². The summed E-state index contributed by atoms with van der Waals surface area (Å²) in [6.07, 6.45) is 2.82. The van der Waals surface area contributed by atoms with Crippen LogP contribution in [0, 0.1) is 11.7 Å². The Morgan fingerprint density at radius 2 is 2.15 bits per heavy atom. The lowest BCUT2D eigenvalue weighted by molar-refractivity contribution is -0.155. The third-order valence-electron chi connectivity index (χ3n) is 5.40. The quantitative estimate of drug-likeness (QED) is 0.700. The van der Waals surface area contributed by atoms with Gasteiger partial charge in [-0.3, -0.25) is 4.57 Å². The first-order valence-corrected chi connectivity index (χ1v) is 10.9. The van der Waals surface area contributed by atoms with Crippen molar-refractivity contribution in [3.05, 3.63) is 35.1 Å². The van der Waals surface area contributed by atoms with Gasteiger partial charge in [0.1, 0.15) is 12.0 Å². The zero-order chi connectivity index (χ0) is 18.4. The van der Waals surface area contributed by atoms with Gasteiger partial charge in [0.25, 0.3) is 0 Å². The summed E-state index contributed by atoms with van der Waals surface area (Å²) in [6, 6.07) is 4.86. The van der Waals surface area contributed by atoms with Gasteiger partial charge in [0.2, 0.25) is 5.72 Å². The molecule has 0 unspecified atom stereocenters. The van der Waals surface area contributed by atoms with Crippen LogP contribution in [0.5, 0.6) is 0 Å². The van der Waals surface area contributed by atoms with Gasteiger partial charge in [0, 0.05) is 18.0 Å². The molecule has 2 aliphatic heterocycles. The van der Waals surface area contributed by atoms with Crippen molar-refractivity contribution >= 4 is 13.4 Å². The molecule has 8 heteroatoms. The van der Waals surface area contributed by atoms with E-state index in [4.69, 9.17) is 13.9 Å². The van der Waals surface area contributed by atoms with Crippen molar-refractivity contribution in [2.45, 2.75) is 38.8 Å². The highest BCUT2D eigenvalue weighted by Crippen LogP contribution is 2.56. The van der Waals surface area contributed by atoms with E-state index in [0.717, 1.165) is 36.9 Å². The van der Waals surface area contributed by atoms with Crippen LogP contribution in [0.2, 0.25) is 0 Å². The molecule has 3 aliphatic rings. The zero-order valence-electron chi connectivity index (χ0n) is 15.1. The molecule has 1 spiro atoms. The molecule has 1 fully saturated rings. The summed E-state index contributed by atoms with van der Waals surface area (Å²) < 4.78 is 37.5. The van der Waals surface area contributed by atoms with E-state index in [-0.39, 0.29) is 17.9 Å². The second-order valence-electron chi connectivity index (χ2n) is 6.90. The van der Waals surface area contributed by atoms with Gasteiger partial charge in [-0.15, -0.1) is 0 Å². The van der Waals surface area contributed by atoms with Gasteiger partial charge >= 0.3 is 7.60 Å². The van der Waals surface area contributed by atoms with Crippen LogP contribution in [0.1, 0.15) is 37.8 Å². The van der Waals surface area contributed by atoms with E-state index in [1.807, 2.05) is 0 Å². The normalized spacial score (nSPS) is 26.8. The summed E-state index contributed by atoms with van der Waals surface area (Å²) in [5, 5.41) is 4.30. The van der Waals surface area contributed by atoms with E-state index < -0.39 is 13.3 Å². The standard InChI is InChI=1S/C18H24FN2O4P/c1-3-23-26(22,24-4-2)12-17-20-25-18-14(6-5-9-21(17)18)10-13-11-15(19)7-8-16(13)18/h7-8,11,14H,3-6,9-10,12H2,1-2H3/t14-,18+/m0/s1. The Bertz CT molecular complexity index is 776. The number of halogens is 1. The Kier molecular flexibility index (Phi) is 4.58. The fourth-order valence-corrected chi connectivity index (χ4v) is 6.12. The fraction of sp³-hybridized carbons (Fsp3) is 0.611. The molecular weight excluding hydrogens is 358 g/mol. The first-order chi connectivity index (χ1) is 12.5. The maximum atomic E-state index is 13.7. The number of hydrogen-bond donors (Lipinski definition) is 0. The van der Waals surface area contributed by atoms with Crippen LogP contribution < -0.4 is 0 Å². The molecule has 1 aliphatic carbocycles. The number of amidine groups is 1. The lowest BCUT2D eigenvalue weighted by Crippen LogP contribution is -2.53. The number of benzene rings is 1. The predicted octanol–water partition coefficient (Wildman–Crippen LogP) is 3.86. The van der Waals surface area contributed by atoms with Crippen LogP contribution in [0.3, 0.4) is 0 Å². The molecule has 4 rings (SSSR count). The van der Waals surface area contributed by atoms with Gasteiger partial charge in [-0.05, 0) is 56.9 Å². The van der Waals surface area contributed by atoms with E-state index in [1.54, 1.807) is 26.0 Å². The highest BCUT2D eigenvalue weighted by Gasteiger charge is 2.59. The number of piperidine rings is 1. The van der Waals surface area contributed by atoms with Gasteiger partial charge in [-0.2, -0.15) is 0 Å². The smallest absolute Gasteiger partial charge is 0.338 e. The maximum Gasteiger partial charge on any atom is 0.338 e. The molecule has 0 radical (unpaired) electrons. The molecule has 0 bridgehead atoms. The zero-order valence-corrected chi connectivity index (χ0v) is 16.0. The summed E-state index contributed by atoms with van der Waals surface area (Å²) in [7, 11) is -3.28. The Balaban J connectivity index is 1.66. The van der Waals surface area contributed by atoms with E-state index in [9.17, 15) is 8.96 Å². The fourth-order valence-electron chi connectivity index (χ4n) is 4.50. The number of fused-ring (bicyclic) bond motifs is 1. The molecule has 0 amide bonds. The molecule has 2 heterocycles. The summed E-state index contributed by atoms with van der Waals surface area (Å²) in [6.45, 7) is 4.95. The maximum absolute atomic E-state index is 13.7. The molecule has 26 heavy (non-hydrogen) atoms. The Labute approximate surface area is 152 Å². The molecule has 0 N–H and O–H groups in total. The topological polar surface area (TPSA) is 60.4 Å². The average molecular weight is 382 g/mol. The number of oxime groups is 1. The molecular formula is C18H24FN2O4P. The van der Waals surface area contributed by atoms with Crippen LogP contribution in [-0.4, -0.2) is 36.7 Å². The number of rotatable bonds is 6. The molecule has 0 aromatic heterocycles. The first-order valence-electron chi connectivity index (χ1n) is 9.22. The number of hydrogen-bond acceptors (Lipinski definition) is 6. The van der Waals surface area contributed by atoms with Crippen LogP contribution in [0.25, 0.3) is 0 Å². The van der Waals surface area contributed by atoms with Crippen molar-refractivity contribution < 1.29 is 22.8 Å². The largest absolute Gasteiger partial charge is 0.360 e. The van der Waals surface area contributed by atoms with Crippen LogP contribution in [0.4, 0.5) is 4.39 Å². The minimum absolute atomic E-state index is 0.0830.